The fourth-order valence-corrected chi connectivity index (χ4v) is 9.33. The Morgan fingerprint density at radius 1 is 0.378 bits per heavy atom. The van der Waals surface area contributed by atoms with Crippen LogP contribution in [-0.2, 0) is 54.3 Å². The maximum Gasteiger partial charge on any atom is 0.337 e. The summed E-state index contributed by atoms with van der Waals surface area (Å²) in [5.41, 5.74) is 7.43. The highest BCUT2D eigenvalue weighted by molar-refractivity contribution is 6.00. The number of methoxy groups -OCH3 is 2. The van der Waals surface area contributed by atoms with Crippen molar-refractivity contribution in [2.45, 2.75) is 39.5 Å². The van der Waals surface area contributed by atoms with E-state index in [-0.39, 0.29) is 62.2 Å². The molecule has 16 nitrogen and oxygen atoms in total. The summed E-state index contributed by atoms with van der Waals surface area (Å²) in [6.07, 6.45) is 2.10. The molecule has 0 radical (unpaired) electrons. The van der Waals surface area contributed by atoms with Crippen LogP contribution < -0.4 is 21.3 Å². The molecule has 4 atom stereocenters. The molecule has 5 aromatic rings. The second-order valence-corrected chi connectivity index (χ2v) is 18.9. The molecule has 4 N–H and O–H groups in total. The third kappa shape index (κ3) is 14.1. The van der Waals surface area contributed by atoms with Crippen molar-refractivity contribution < 1.29 is 47.8 Å². The van der Waals surface area contributed by atoms with E-state index in [0.29, 0.717) is 49.9 Å². The van der Waals surface area contributed by atoms with E-state index in [2.05, 4.69) is 21.3 Å². The first-order valence-corrected chi connectivity index (χ1v) is 25.0. The molecule has 2 fully saturated rings. The molecule has 74 heavy (non-hydrogen) atoms. The molecule has 0 aliphatic carbocycles. The Labute approximate surface area is 431 Å². The van der Waals surface area contributed by atoms with Gasteiger partial charge in [0, 0.05) is 63.5 Å². The van der Waals surface area contributed by atoms with Crippen LogP contribution >= 0.6 is 0 Å². The molecular weight excluding hydrogens is 941 g/mol. The SMILES string of the molecule is COC(=O)c1ccc(CCNC(=O)[C@H]2CN(C(=O)c3ccc(C(=O)N4C[C@H](C(=O)NCCc5ccc(C)cc5)[C@@H](C(=O)NCCc5ccc(C)cc5)C4)cc3)C[C@@H]2C(=O)NCCc2ccc(C(=O)OC)cc2)cc1. The van der Waals surface area contributed by atoms with E-state index in [1.54, 1.807) is 48.5 Å². The van der Waals surface area contributed by atoms with E-state index in [1.165, 1.54) is 48.3 Å². The Kier molecular flexibility index (Phi) is 18.5. The molecular formula is C58H64N6O10. The minimum atomic E-state index is -0.878. The third-order valence-corrected chi connectivity index (χ3v) is 13.8. The normalized spacial score (nSPS) is 17.0. The maximum atomic E-state index is 14.1. The molecule has 2 saturated heterocycles. The Morgan fingerprint density at radius 3 is 0.851 bits per heavy atom. The van der Waals surface area contributed by atoms with Crippen molar-refractivity contribution in [3.63, 3.8) is 0 Å². The van der Waals surface area contributed by atoms with Gasteiger partial charge in [-0.25, -0.2) is 9.59 Å². The number of hydrogen-bond donors (Lipinski definition) is 4. The van der Waals surface area contributed by atoms with Crippen molar-refractivity contribution in [2.24, 2.45) is 23.7 Å². The van der Waals surface area contributed by atoms with Gasteiger partial charge in [0.1, 0.15) is 0 Å². The van der Waals surface area contributed by atoms with Gasteiger partial charge in [0.15, 0.2) is 0 Å². The van der Waals surface area contributed by atoms with Gasteiger partial charge in [-0.3, -0.25) is 28.8 Å². The number of nitrogens with zero attached hydrogens (tertiary/aromatic N) is 2. The van der Waals surface area contributed by atoms with Crippen LogP contribution in [0.2, 0.25) is 0 Å². The van der Waals surface area contributed by atoms with Crippen molar-refractivity contribution in [3.8, 4) is 0 Å². The second kappa shape index (κ2) is 25.5. The summed E-state index contributed by atoms with van der Waals surface area (Å²) >= 11 is 0. The minimum absolute atomic E-state index is 0.0238. The van der Waals surface area contributed by atoms with Crippen molar-refractivity contribution in [2.75, 3.05) is 66.6 Å². The standard InChI is InChI=1S/C58H64N6O10/c1-37-5-9-39(10-6-37)25-29-59-51(65)47-33-63(34-48(47)52(66)60-30-26-40-11-7-38(2)8-12-40)55(69)43-21-23-44(24-22-43)56(70)64-35-49(53(67)61-31-27-41-13-17-45(18-14-41)57(71)73-3)50(36-64)54(68)62-32-28-42-15-19-46(20-16-42)58(72)74-4/h5-24,47-50H,25-36H2,1-4H3,(H,59,65)(H,60,66)(H,61,67)(H,62,68)/t47-,48-,49-,50-/m0/s1. The van der Waals surface area contributed by atoms with Crippen LogP contribution in [0, 0.1) is 37.5 Å². The zero-order chi connectivity index (χ0) is 52.7. The summed E-state index contributed by atoms with van der Waals surface area (Å²) in [5.74, 6) is -6.49. The van der Waals surface area contributed by atoms with Gasteiger partial charge in [-0.2, -0.15) is 0 Å². The molecule has 2 heterocycles. The largest absolute Gasteiger partial charge is 0.465 e. The lowest BCUT2D eigenvalue weighted by molar-refractivity contribution is -0.132. The summed E-state index contributed by atoms with van der Waals surface area (Å²) in [4.78, 5) is 110. The van der Waals surface area contributed by atoms with Crippen LogP contribution in [0.15, 0.2) is 121 Å². The molecule has 6 amide bonds. The van der Waals surface area contributed by atoms with Crippen LogP contribution in [-0.4, -0.2) is 124 Å². The van der Waals surface area contributed by atoms with E-state index >= 15 is 0 Å². The Balaban J connectivity index is 0.996. The number of esters is 2. The summed E-state index contributed by atoms with van der Waals surface area (Å²) in [6.45, 7) is 5.19. The molecule has 0 bridgehead atoms. The topological polar surface area (TPSA) is 210 Å². The number of likely N-dealkylation sites (tertiary alicyclic amines) is 2. The van der Waals surface area contributed by atoms with Gasteiger partial charge in [-0.1, -0.05) is 83.9 Å². The van der Waals surface area contributed by atoms with Crippen LogP contribution in [0.1, 0.15) is 74.8 Å². The highest BCUT2D eigenvalue weighted by Gasteiger charge is 2.45. The van der Waals surface area contributed by atoms with E-state index in [1.807, 2.05) is 62.4 Å². The first-order chi connectivity index (χ1) is 35.7. The Bertz CT molecular complexity index is 2640. The van der Waals surface area contributed by atoms with Crippen molar-refractivity contribution >= 4 is 47.4 Å². The molecule has 0 unspecified atom stereocenters. The lowest BCUT2D eigenvalue weighted by Gasteiger charge is -2.18. The smallest absolute Gasteiger partial charge is 0.337 e. The average Bonchev–Trinajstić information content (AvgIpc) is 4.09. The molecule has 0 aromatic heterocycles. The number of amides is 6. The molecule has 7 rings (SSSR count). The number of hydrogen-bond acceptors (Lipinski definition) is 10. The van der Waals surface area contributed by atoms with Gasteiger partial charge in [0.2, 0.25) is 23.6 Å². The lowest BCUT2D eigenvalue weighted by atomic mass is 9.94. The van der Waals surface area contributed by atoms with Gasteiger partial charge < -0.3 is 40.5 Å². The highest BCUT2D eigenvalue weighted by atomic mass is 16.5. The summed E-state index contributed by atoms with van der Waals surface area (Å²) in [7, 11) is 2.61. The zero-order valence-electron chi connectivity index (χ0n) is 42.3. The Morgan fingerprint density at radius 2 is 0.608 bits per heavy atom. The average molecular weight is 1010 g/mol. The van der Waals surface area contributed by atoms with Gasteiger partial charge in [0.05, 0.1) is 49.0 Å². The predicted molar refractivity (Wildman–Crippen MR) is 277 cm³/mol. The zero-order valence-corrected chi connectivity index (χ0v) is 42.3. The molecule has 5 aromatic carbocycles. The van der Waals surface area contributed by atoms with Gasteiger partial charge in [-0.05, 0) is 110 Å². The molecule has 16 heteroatoms. The molecule has 0 saturated carbocycles. The van der Waals surface area contributed by atoms with E-state index in [0.717, 1.165) is 33.4 Å². The first-order valence-electron chi connectivity index (χ1n) is 25.0. The summed E-state index contributed by atoms with van der Waals surface area (Å²) in [6, 6.07) is 35.9. The molecule has 2 aliphatic heterocycles. The quantitative estimate of drug-likeness (QED) is 0.0791. The van der Waals surface area contributed by atoms with Gasteiger partial charge in [-0.15, -0.1) is 0 Å². The van der Waals surface area contributed by atoms with E-state index < -0.39 is 59.2 Å². The molecule has 386 valence electrons. The highest BCUT2D eigenvalue weighted by Crippen LogP contribution is 2.28. The number of rotatable bonds is 20. The predicted octanol–water partition coefficient (Wildman–Crippen LogP) is 4.69. The van der Waals surface area contributed by atoms with Crippen molar-refractivity contribution in [3.05, 3.63) is 177 Å². The second-order valence-electron chi connectivity index (χ2n) is 18.9. The fraction of sp³-hybridized carbons (Fsp3) is 0.345. The summed E-state index contributed by atoms with van der Waals surface area (Å²) in [5, 5.41) is 11.9. The monoisotopic (exact) mass is 1000 g/mol. The number of carbonyl (C=O) groups is 8. The lowest BCUT2D eigenvalue weighted by Crippen LogP contribution is -2.42. The van der Waals surface area contributed by atoms with Crippen LogP contribution in [0.5, 0.6) is 0 Å². The van der Waals surface area contributed by atoms with Gasteiger partial charge in [0.25, 0.3) is 11.8 Å². The number of nitrogens with one attached hydrogen (secondary N) is 4. The van der Waals surface area contributed by atoms with Crippen LogP contribution in [0.25, 0.3) is 0 Å². The summed E-state index contributed by atoms with van der Waals surface area (Å²) < 4.78 is 9.55. The van der Waals surface area contributed by atoms with Crippen molar-refractivity contribution in [1.82, 2.24) is 31.1 Å². The fourth-order valence-electron chi connectivity index (χ4n) is 9.33. The van der Waals surface area contributed by atoms with E-state index in [9.17, 15) is 38.4 Å². The number of carbonyl (C=O) groups excluding carboxylic acids is 8. The van der Waals surface area contributed by atoms with E-state index in [4.69, 9.17) is 9.47 Å². The van der Waals surface area contributed by atoms with Crippen LogP contribution in [0.4, 0.5) is 0 Å². The number of ether oxygens (including phenoxy) is 2. The first kappa shape index (κ1) is 53.7. The minimum Gasteiger partial charge on any atom is -0.465 e. The number of aryl methyl sites for hydroxylation is 2. The Hall–Kier alpha value is -8.14. The van der Waals surface area contributed by atoms with Crippen LogP contribution in [0.3, 0.4) is 0 Å². The maximum absolute atomic E-state index is 14.1. The molecule has 2 aliphatic rings. The van der Waals surface area contributed by atoms with Crippen molar-refractivity contribution in [1.29, 1.82) is 0 Å². The third-order valence-electron chi connectivity index (χ3n) is 13.8. The molecule has 0 spiro atoms. The van der Waals surface area contributed by atoms with Gasteiger partial charge >= 0.3 is 11.9 Å². The number of benzene rings is 5.